The molecule has 1 aromatic rings. The smallest absolute Gasteiger partial charge is 0.277 e. The molecule has 0 aromatic carbocycles. The molecule has 0 aliphatic carbocycles. The van der Waals surface area contributed by atoms with Crippen LogP contribution >= 0.6 is 11.3 Å². The van der Waals surface area contributed by atoms with Crippen molar-refractivity contribution in [2.24, 2.45) is 5.92 Å². The van der Waals surface area contributed by atoms with Gasteiger partial charge in [-0.2, -0.15) is 0 Å². The summed E-state index contributed by atoms with van der Waals surface area (Å²) in [5.41, 5.74) is 1.19. The topological polar surface area (TPSA) is 49.9 Å². The molecule has 0 spiro atoms. The number of rotatable bonds is 6. The minimum absolute atomic E-state index is 0.144. The number of imide groups is 1. The maximum atomic E-state index is 13.0. The molecule has 0 radical (unpaired) electrons. The van der Waals surface area contributed by atoms with Gasteiger partial charge in [-0.1, -0.05) is 13.0 Å². The SMILES string of the molecule is COCCCN1C(=O)C(c2cccs2)=C(N2CCC(C)CC2)C1=O. The molecule has 0 saturated carbocycles. The van der Waals surface area contributed by atoms with Crippen LogP contribution < -0.4 is 0 Å². The molecule has 0 bridgehead atoms. The molecule has 24 heavy (non-hydrogen) atoms. The molecule has 2 aliphatic rings. The fourth-order valence-electron chi connectivity index (χ4n) is 3.30. The minimum atomic E-state index is -0.160. The van der Waals surface area contributed by atoms with Gasteiger partial charge in [0, 0.05) is 38.2 Å². The first-order valence-electron chi connectivity index (χ1n) is 8.51. The van der Waals surface area contributed by atoms with E-state index in [0.717, 1.165) is 30.8 Å². The molecule has 3 rings (SSSR count). The van der Waals surface area contributed by atoms with E-state index in [1.807, 2.05) is 17.5 Å². The average molecular weight is 348 g/mol. The van der Waals surface area contributed by atoms with Crippen molar-refractivity contribution < 1.29 is 14.3 Å². The summed E-state index contributed by atoms with van der Waals surface area (Å²) in [6, 6.07) is 3.85. The highest BCUT2D eigenvalue weighted by atomic mass is 32.1. The Balaban J connectivity index is 1.90. The van der Waals surface area contributed by atoms with Crippen molar-refractivity contribution >= 4 is 28.7 Å². The summed E-state index contributed by atoms with van der Waals surface area (Å²) in [6.07, 6.45) is 2.79. The van der Waals surface area contributed by atoms with E-state index in [2.05, 4.69) is 11.8 Å². The molecule has 0 N–H and O–H groups in total. The maximum absolute atomic E-state index is 13.0. The molecule has 1 fully saturated rings. The summed E-state index contributed by atoms with van der Waals surface area (Å²) in [7, 11) is 1.63. The van der Waals surface area contributed by atoms with E-state index < -0.39 is 0 Å². The molecular formula is C18H24N2O3S. The lowest BCUT2D eigenvalue weighted by Gasteiger charge is -2.32. The van der Waals surface area contributed by atoms with Crippen LogP contribution in [0.25, 0.3) is 5.57 Å². The Kier molecular flexibility index (Phi) is 5.36. The predicted octanol–water partition coefficient (Wildman–Crippen LogP) is 2.60. The number of thiophene rings is 1. The van der Waals surface area contributed by atoms with E-state index in [9.17, 15) is 9.59 Å². The van der Waals surface area contributed by atoms with Crippen molar-refractivity contribution in [3.8, 4) is 0 Å². The quantitative estimate of drug-likeness (QED) is 0.586. The Hall–Kier alpha value is -1.66. The summed E-state index contributed by atoms with van der Waals surface area (Å²) in [5.74, 6) is 0.373. The number of hydrogen-bond acceptors (Lipinski definition) is 5. The van der Waals surface area contributed by atoms with Crippen LogP contribution in [0.5, 0.6) is 0 Å². The van der Waals surface area contributed by atoms with Crippen LogP contribution in [-0.4, -0.2) is 55.0 Å². The van der Waals surface area contributed by atoms with E-state index >= 15 is 0 Å². The van der Waals surface area contributed by atoms with Crippen LogP contribution in [0.2, 0.25) is 0 Å². The van der Waals surface area contributed by atoms with Crippen LogP contribution in [0.1, 0.15) is 31.1 Å². The molecule has 1 saturated heterocycles. The molecule has 2 aliphatic heterocycles. The second-order valence-corrected chi connectivity index (χ2v) is 7.43. The number of methoxy groups -OCH3 is 1. The van der Waals surface area contributed by atoms with E-state index in [4.69, 9.17) is 4.74 Å². The standard InChI is InChI=1S/C18H24N2O3S/c1-13-6-9-19(10-7-13)16-15(14-5-3-12-24-14)17(21)20(18(16)22)8-4-11-23-2/h3,5,12-13H,4,6-11H2,1-2H3. The van der Waals surface area contributed by atoms with Gasteiger partial charge in [0.1, 0.15) is 5.70 Å². The summed E-state index contributed by atoms with van der Waals surface area (Å²) in [4.78, 5) is 30.3. The van der Waals surface area contributed by atoms with Gasteiger partial charge < -0.3 is 9.64 Å². The van der Waals surface area contributed by atoms with Crippen molar-refractivity contribution in [1.82, 2.24) is 9.80 Å². The molecule has 5 nitrogen and oxygen atoms in total. The van der Waals surface area contributed by atoms with Gasteiger partial charge in [-0.25, -0.2) is 0 Å². The third-order valence-corrected chi connectivity index (χ3v) is 5.63. The number of likely N-dealkylation sites (tertiary alicyclic amines) is 1. The molecule has 3 heterocycles. The van der Waals surface area contributed by atoms with Gasteiger partial charge >= 0.3 is 0 Å². The lowest BCUT2D eigenvalue weighted by atomic mass is 9.98. The fourth-order valence-corrected chi connectivity index (χ4v) is 4.06. The number of piperidine rings is 1. The minimum Gasteiger partial charge on any atom is -0.385 e. The molecule has 6 heteroatoms. The van der Waals surface area contributed by atoms with Gasteiger partial charge in [0.2, 0.25) is 0 Å². The lowest BCUT2D eigenvalue weighted by Crippen LogP contribution is -2.39. The number of carbonyl (C=O) groups is 2. The van der Waals surface area contributed by atoms with Gasteiger partial charge in [0.05, 0.1) is 5.57 Å². The zero-order valence-corrected chi connectivity index (χ0v) is 15.1. The van der Waals surface area contributed by atoms with Gasteiger partial charge in [0.25, 0.3) is 11.8 Å². The maximum Gasteiger partial charge on any atom is 0.277 e. The van der Waals surface area contributed by atoms with Gasteiger partial charge in [-0.15, -0.1) is 11.3 Å². The van der Waals surface area contributed by atoms with Crippen LogP contribution in [0, 0.1) is 5.92 Å². The summed E-state index contributed by atoms with van der Waals surface area (Å²) < 4.78 is 5.05. The summed E-state index contributed by atoms with van der Waals surface area (Å²) in [5, 5.41) is 1.95. The van der Waals surface area contributed by atoms with E-state index in [1.54, 1.807) is 7.11 Å². The monoisotopic (exact) mass is 348 g/mol. The first-order chi connectivity index (χ1) is 11.6. The van der Waals surface area contributed by atoms with Gasteiger partial charge in [-0.05, 0) is 36.6 Å². The fraction of sp³-hybridized carbons (Fsp3) is 0.556. The Labute approximate surface area is 146 Å². The Morgan fingerprint density at radius 2 is 2.00 bits per heavy atom. The Bertz CT molecular complexity index is 631. The van der Waals surface area contributed by atoms with Crippen molar-refractivity contribution in [2.45, 2.75) is 26.2 Å². The molecule has 0 unspecified atom stereocenters. The largest absolute Gasteiger partial charge is 0.385 e. The first-order valence-corrected chi connectivity index (χ1v) is 9.39. The summed E-state index contributed by atoms with van der Waals surface area (Å²) in [6.45, 7) is 4.88. The third kappa shape index (κ3) is 3.26. The lowest BCUT2D eigenvalue weighted by molar-refractivity contribution is -0.137. The number of hydrogen-bond donors (Lipinski definition) is 0. The highest BCUT2D eigenvalue weighted by molar-refractivity contribution is 7.11. The van der Waals surface area contributed by atoms with Gasteiger partial charge in [-0.3, -0.25) is 14.5 Å². The van der Waals surface area contributed by atoms with Crippen molar-refractivity contribution in [3.05, 3.63) is 28.1 Å². The highest BCUT2D eigenvalue weighted by Crippen LogP contribution is 2.35. The van der Waals surface area contributed by atoms with E-state index in [-0.39, 0.29) is 11.8 Å². The third-order valence-electron chi connectivity index (χ3n) is 4.74. The number of carbonyl (C=O) groups excluding carboxylic acids is 2. The van der Waals surface area contributed by atoms with Gasteiger partial charge in [0.15, 0.2) is 0 Å². The molecule has 2 amide bonds. The zero-order chi connectivity index (χ0) is 17.1. The van der Waals surface area contributed by atoms with Crippen molar-refractivity contribution in [2.75, 3.05) is 33.4 Å². The second kappa shape index (κ2) is 7.49. The molecule has 130 valence electrons. The van der Waals surface area contributed by atoms with Crippen molar-refractivity contribution in [3.63, 3.8) is 0 Å². The normalized spacial score (nSPS) is 19.8. The number of nitrogens with zero attached hydrogens (tertiary/aromatic N) is 2. The Morgan fingerprint density at radius 3 is 2.62 bits per heavy atom. The van der Waals surface area contributed by atoms with Crippen molar-refractivity contribution in [1.29, 1.82) is 0 Å². The van der Waals surface area contributed by atoms with Crippen LogP contribution in [0.3, 0.4) is 0 Å². The Morgan fingerprint density at radius 1 is 1.25 bits per heavy atom. The molecule has 0 atom stereocenters. The van der Waals surface area contributed by atoms with E-state index in [1.165, 1.54) is 16.2 Å². The zero-order valence-electron chi connectivity index (χ0n) is 14.3. The molecule has 1 aromatic heterocycles. The number of amides is 2. The van der Waals surface area contributed by atoms with Crippen LogP contribution in [0.4, 0.5) is 0 Å². The second-order valence-electron chi connectivity index (χ2n) is 6.48. The average Bonchev–Trinajstić information content (AvgIpc) is 3.17. The highest BCUT2D eigenvalue weighted by Gasteiger charge is 2.42. The molecular weight excluding hydrogens is 324 g/mol. The summed E-state index contributed by atoms with van der Waals surface area (Å²) >= 11 is 1.52. The van der Waals surface area contributed by atoms with E-state index in [0.29, 0.717) is 36.8 Å². The predicted molar refractivity (Wildman–Crippen MR) is 94.4 cm³/mol. The first kappa shape index (κ1) is 17.2. The number of ether oxygens (including phenoxy) is 1. The van der Waals surface area contributed by atoms with Crippen LogP contribution in [0.15, 0.2) is 23.2 Å². The van der Waals surface area contributed by atoms with Crippen LogP contribution in [-0.2, 0) is 14.3 Å².